The molecule has 1 aromatic heterocycles. The molecule has 10 heteroatoms. The number of aryl methyl sites for hydroxylation is 1. The SMILES string of the molecule is Cc1csc(CC(=O)N2CCN(S(=O)(=O)c3ccc(N4CCCC4=O)cc3)CC2)n1. The van der Waals surface area contributed by atoms with Gasteiger partial charge in [-0.3, -0.25) is 9.59 Å². The Hall–Kier alpha value is -2.30. The first kappa shape index (κ1) is 21.0. The van der Waals surface area contributed by atoms with E-state index in [-0.39, 0.29) is 36.2 Å². The number of anilines is 1. The van der Waals surface area contributed by atoms with Crippen LogP contribution in [0.1, 0.15) is 23.5 Å². The molecule has 0 unspecified atom stereocenters. The lowest BCUT2D eigenvalue weighted by Crippen LogP contribution is -2.50. The smallest absolute Gasteiger partial charge is 0.243 e. The van der Waals surface area contributed by atoms with Crippen LogP contribution in [0, 0.1) is 6.92 Å². The number of carbonyl (C=O) groups excluding carboxylic acids is 2. The van der Waals surface area contributed by atoms with E-state index in [1.165, 1.54) is 15.6 Å². The summed E-state index contributed by atoms with van der Waals surface area (Å²) < 4.78 is 27.4. The third-order valence-corrected chi connectivity index (χ3v) is 8.30. The minimum atomic E-state index is -3.64. The first-order chi connectivity index (χ1) is 14.3. The van der Waals surface area contributed by atoms with Crippen molar-refractivity contribution in [1.29, 1.82) is 0 Å². The average Bonchev–Trinajstić information content (AvgIpc) is 3.36. The Balaban J connectivity index is 1.37. The zero-order valence-corrected chi connectivity index (χ0v) is 18.4. The molecule has 2 aromatic rings. The molecule has 0 saturated carbocycles. The van der Waals surface area contributed by atoms with E-state index < -0.39 is 10.0 Å². The van der Waals surface area contributed by atoms with Gasteiger partial charge in [0.2, 0.25) is 21.8 Å². The molecular weight excluding hydrogens is 424 g/mol. The number of amides is 2. The van der Waals surface area contributed by atoms with Crippen LogP contribution in [0.3, 0.4) is 0 Å². The summed E-state index contributed by atoms with van der Waals surface area (Å²) in [5, 5.41) is 2.70. The second kappa shape index (κ2) is 8.44. The van der Waals surface area contributed by atoms with E-state index in [0.29, 0.717) is 26.1 Å². The first-order valence-electron chi connectivity index (χ1n) is 9.94. The summed E-state index contributed by atoms with van der Waals surface area (Å²) in [5.74, 6) is 0.0420. The molecule has 0 radical (unpaired) electrons. The third-order valence-electron chi connectivity index (χ3n) is 5.42. The molecule has 8 nitrogen and oxygen atoms in total. The fourth-order valence-corrected chi connectivity index (χ4v) is 5.96. The molecule has 2 saturated heterocycles. The molecule has 0 bridgehead atoms. The minimum Gasteiger partial charge on any atom is -0.340 e. The summed E-state index contributed by atoms with van der Waals surface area (Å²) in [5.41, 5.74) is 1.63. The van der Waals surface area contributed by atoms with Crippen LogP contribution in [0.15, 0.2) is 34.5 Å². The number of hydrogen-bond donors (Lipinski definition) is 0. The van der Waals surface area contributed by atoms with Crippen molar-refractivity contribution in [3.63, 3.8) is 0 Å². The highest BCUT2D eigenvalue weighted by molar-refractivity contribution is 7.89. The zero-order chi connectivity index (χ0) is 21.3. The second-order valence-electron chi connectivity index (χ2n) is 7.49. The van der Waals surface area contributed by atoms with E-state index in [9.17, 15) is 18.0 Å². The van der Waals surface area contributed by atoms with Gasteiger partial charge in [0.15, 0.2) is 0 Å². The largest absolute Gasteiger partial charge is 0.340 e. The lowest BCUT2D eigenvalue weighted by atomic mass is 10.3. The average molecular weight is 449 g/mol. The monoisotopic (exact) mass is 448 g/mol. The van der Waals surface area contributed by atoms with Gasteiger partial charge >= 0.3 is 0 Å². The minimum absolute atomic E-state index is 0.0268. The Morgan fingerprint density at radius 3 is 2.37 bits per heavy atom. The molecule has 2 fully saturated rings. The number of sulfonamides is 1. The predicted molar refractivity (Wildman–Crippen MR) is 114 cm³/mol. The molecule has 160 valence electrons. The van der Waals surface area contributed by atoms with Gasteiger partial charge in [-0.1, -0.05) is 0 Å². The highest BCUT2D eigenvalue weighted by Crippen LogP contribution is 2.25. The Labute approximate surface area is 180 Å². The van der Waals surface area contributed by atoms with Crippen LogP contribution >= 0.6 is 11.3 Å². The van der Waals surface area contributed by atoms with Gasteiger partial charge in [0.05, 0.1) is 11.3 Å². The van der Waals surface area contributed by atoms with Crippen molar-refractivity contribution in [3.8, 4) is 0 Å². The Morgan fingerprint density at radius 2 is 1.80 bits per heavy atom. The third kappa shape index (κ3) is 4.26. The van der Waals surface area contributed by atoms with Crippen molar-refractivity contribution >= 4 is 38.9 Å². The van der Waals surface area contributed by atoms with Crippen LogP contribution in [0.2, 0.25) is 0 Å². The molecule has 0 spiro atoms. The van der Waals surface area contributed by atoms with Crippen molar-refractivity contribution in [2.45, 2.75) is 31.1 Å². The highest BCUT2D eigenvalue weighted by atomic mass is 32.2. The van der Waals surface area contributed by atoms with Crippen molar-refractivity contribution in [1.82, 2.24) is 14.2 Å². The van der Waals surface area contributed by atoms with Crippen LogP contribution in [0.25, 0.3) is 0 Å². The number of hydrogen-bond acceptors (Lipinski definition) is 6. The van der Waals surface area contributed by atoms with Gasteiger partial charge < -0.3 is 9.80 Å². The van der Waals surface area contributed by atoms with E-state index in [1.54, 1.807) is 34.1 Å². The van der Waals surface area contributed by atoms with E-state index in [2.05, 4.69) is 4.98 Å². The molecule has 1 aromatic carbocycles. The van der Waals surface area contributed by atoms with Gasteiger partial charge in [-0.15, -0.1) is 11.3 Å². The van der Waals surface area contributed by atoms with Gasteiger partial charge in [0.1, 0.15) is 5.01 Å². The molecule has 2 aliphatic heterocycles. The predicted octanol–water partition coefficient (Wildman–Crippen LogP) is 1.65. The molecule has 2 aliphatic rings. The molecule has 30 heavy (non-hydrogen) atoms. The maximum Gasteiger partial charge on any atom is 0.243 e. The Morgan fingerprint density at radius 1 is 1.10 bits per heavy atom. The second-order valence-corrected chi connectivity index (χ2v) is 10.4. The summed E-state index contributed by atoms with van der Waals surface area (Å²) in [6, 6.07) is 6.48. The van der Waals surface area contributed by atoms with E-state index in [0.717, 1.165) is 22.8 Å². The summed E-state index contributed by atoms with van der Waals surface area (Å²) in [6.07, 6.45) is 1.61. The fourth-order valence-electron chi connectivity index (χ4n) is 3.77. The normalized spacial score (nSPS) is 18.2. The summed E-state index contributed by atoms with van der Waals surface area (Å²) in [6.45, 7) is 3.81. The quantitative estimate of drug-likeness (QED) is 0.694. The van der Waals surface area contributed by atoms with Gasteiger partial charge in [-0.2, -0.15) is 4.31 Å². The fraction of sp³-hybridized carbons (Fsp3) is 0.450. The van der Waals surface area contributed by atoms with E-state index in [1.807, 2.05) is 12.3 Å². The number of piperazine rings is 1. The number of carbonyl (C=O) groups is 2. The number of nitrogens with zero attached hydrogens (tertiary/aromatic N) is 4. The van der Waals surface area contributed by atoms with Crippen LogP contribution < -0.4 is 4.90 Å². The molecule has 0 aliphatic carbocycles. The summed E-state index contributed by atoms with van der Waals surface area (Å²) in [7, 11) is -3.64. The molecule has 2 amide bonds. The van der Waals surface area contributed by atoms with Crippen LogP contribution in [-0.2, 0) is 26.0 Å². The van der Waals surface area contributed by atoms with Gasteiger partial charge in [0, 0.05) is 55.9 Å². The number of thiazole rings is 1. The number of rotatable bonds is 5. The molecule has 0 N–H and O–H groups in total. The Bertz CT molecular complexity index is 1040. The van der Waals surface area contributed by atoms with E-state index >= 15 is 0 Å². The highest BCUT2D eigenvalue weighted by Gasteiger charge is 2.30. The van der Waals surface area contributed by atoms with Crippen molar-refractivity contribution in [3.05, 3.63) is 40.3 Å². The summed E-state index contributed by atoms with van der Waals surface area (Å²) >= 11 is 1.46. The number of benzene rings is 1. The maximum atomic E-state index is 13.0. The molecule has 3 heterocycles. The van der Waals surface area contributed by atoms with Crippen LogP contribution in [0.5, 0.6) is 0 Å². The molecular formula is C20H24N4O4S2. The summed E-state index contributed by atoms with van der Waals surface area (Å²) in [4.78, 5) is 32.3. The van der Waals surface area contributed by atoms with Crippen molar-refractivity contribution < 1.29 is 18.0 Å². The number of aromatic nitrogens is 1. The maximum absolute atomic E-state index is 13.0. The molecule has 4 rings (SSSR count). The lowest BCUT2D eigenvalue weighted by Gasteiger charge is -2.34. The first-order valence-corrected chi connectivity index (χ1v) is 12.3. The lowest BCUT2D eigenvalue weighted by molar-refractivity contribution is -0.131. The van der Waals surface area contributed by atoms with Gasteiger partial charge in [0.25, 0.3) is 0 Å². The topological polar surface area (TPSA) is 90.9 Å². The van der Waals surface area contributed by atoms with Crippen LogP contribution in [0.4, 0.5) is 5.69 Å². The Kier molecular flexibility index (Phi) is 5.90. The van der Waals surface area contributed by atoms with Gasteiger partial charge in [-0.05, 0) is 37.6 Å². The van der Waals surface area contributed by atoms with E-state index in [4.69, 9.17) is 0 Å². The zero-order valence-electron chi connectivity index (χ0n) is 16.8. The van der Waals surface area contributed by atoms with Crippen LogP contribution in [-0.4, -0.2) is 67.1 Å². The van der Waals surface area contributed by atoms with Crippen molar-refractivity contribution in [2.24, 2.45) is 0 Å². The van der Waals surface area contributed by atoms with Crippen molar-refractivity contribution in [2.75, 3.05) is 37.6 Å². The standard InChI is InChI=1S/C20H24N4O4S2/c1-15-14-29-18(21-15)13-20(26)22-9-11-23(12-10-22)30(27,28)17-6-4-16(5-7-17)24-8-2-3-19(24)25/h4-7,14H,2-3,8-13H2,1H3. The molecule has 0 atom stereocenters. The van der Waals surface area contributed by atoms with Gasteiger partial charge in [-0.25, -0.2) is 13.4 Å².